The summed E-state index contributed by atoms with van der Waals surface area (Å²) in [5, 5.41) is 13.8. The van der Waals surface area contributed by atoms with Crippen molar-refractivity contribution in [2.45, 2.75) is 26.3 Å². The van der Waals surface area contributed by atoms with Gasteiger partial charge in [-0.1, -0.05) is 18.2 Å². The van der Waals surface area contributed by atoms with E-state index in [1.54, 1.807) is 19.1 Å². The van der Waals surface area contributed by atoms with E-state index in [4.69, 9.17) is 0 Å². The molecule has 1 N–H and O–H groups in total. The van der Waals surface area contributed by atoms with Gasteiger partial charge in [0, 0.05) is 29.4 Å². The lowest BCUT2D eigenvalue weighted by Gasteiger charge is -2.14. The lowest BCUT2D eigenvalue weighted by molar-refractivity contribution is -0.385. The maximum absolute atomic E-state index is 12.3. The number of amides is 1. The molecule has 1 saturated heterocycles. The highest BCUT2D eigenvalue weighted by atomic mass is 16.6. The molecular weight excluding hydrogens is 318 g/mol. The van der Waals surface area contributed by atoms with Crippen LogP contribution in [-0.4, -0.2) is 28.8 Å². The Kier molecular flexibility index (Phi) is 5.09. The molecule has 130 valence electrons. The van der Waals surface area contributed by atoms with Crippen molar-refractivity contribution in [1.82, 2.24) is 4.90 Å². The van der Waals surface area contributed by atoms with E-state index >= 15 is 0 Å². The van der Waals surface area contributed by atoms with Crippen LogP contribution < -0.4 is 5.32 Å². The molecule has 1 fully saturated rings. The summed E-state index contributed by atoms with van der Waals surface area (Å²) in [4.78, 5) is 25.3. The Hall–Kier alpha value is -2.73. The number of nitro benzene ring substituents is 1. The summed E-state index contributed by atoms with van der Waals surface area (Å²) < 4.78 is 0. The first-order valence-electron chi connectivity index (χ1n) is 8.40. The Morgan fingerprint density at radius 1 is 1.16 bits per heavy atom. The molecule has 3 rings (SSSR count). The zero-order valence-corrected chi connectivity index (χ0v) is 14.2. The van der Waals surface area contributed by atoms with Gasteiger partial charge < -0.3 is 5.32 Å². The van der Waals surface area contributed by atoms with E-state index in [9.17, 15) is 14.9 Å². The summed E-state index contributed by atoms with van der Waals surface area (Å²) in [6.07, 6.45) is 2.52. The molecule has 0 bridgehead atoms. The molecule has 0 aromatic heterocycles. The molecule has 1 aliphatic rings. The SMILES string of the molecule is Cc1ccc(C(=O)Nc2ccc(CN3CCCC3)cc2)cc1[N+](=O)[O-]. The van der Waals surface area contributed by atoms with E-state index in [0.29, 0.717) is 11.3 Å². The Bertz CT molecular complexity index is 781. The zero-order chi connectivity index (χ0) is 17.8. The van der Waals surface area contributed by atoms with Crippen LogP contribution in [0.15, 0.2) is 42.5 Å². The van der Waals surface area contributed by atoms with E-state index in [0.717, 1.165) is 19.6 Å². The second-order valence-corrected chi connectivity index (χ2v) is 6.39. The molecule has 0 unspecified atom stereocenters. The molecule has 0 saturated carbocycles. The van der Waals surface area contributed by atoms with E-state index in [1.807, 2.05) is 24.3 Å². The molecule has 1 aliphatic heterocycles. The molecule has 1 heterocycles. The summed E-state index contributed by atoms with van der Waals surface area (Å²) in [5.41, 5.74) is 2.66. The van der Waals surface area contributed by atoms with Gasteiger partial charge >= 0.3 is 0 Å². The minimum Gasteiger partial charge on any atom is -0.322 e. The van der Waals surface area contributed by atoms with Crippen molar-refractivity contribution in [2.24, 2.45) is 0 Å². The van der Waals surface area contributed by atoms with E-state index in [1.165, 1.54) is 24.5 Å². The normalized spacial score (nSPS) is 14.4. The maximum Gasteiger partial charge on any atom is 0.273 e. The van der Waals surface area contributed by atoms with Crippen LogP contribution >= 0.6 is 0 Å². The fourth-order valence-corrected chi connectivity index (χ4v) is 3.04. The van der Waals surface area contributed by atoms with Gasteiger partial charge in [-0.3, -0.25) is 19.8 Å². The first-order valence-corrected chi connectivity index (χ1v) is 8.40. The highest BCUT2D eigenvalue weighted by Crippen LogP contribution is 2.21. The van der Waals surface area contributed by atoms with Gasteiger partial charge in [0.15, 0.2) is 0 Å². The third kappa shape index (κ3) is 4.22. The van der Waals surface area contributed by atoms with E-state index in [-0.39, 0.29) is 17.2 Å². The lowest BCUT2D eigenvalue weighted by Crippen LogP contribution is -2.18. The second kappa shape index (κ2) is 7.44. The predicted molar refractivity (Wildman–Crippen MR) is 96.7 cm³/mol. The highest BCUT2D eigenvalue weighted by Gasteiger charge is 2.15. The first-order chi connectivity index (χ1) is 12.0. The van der Waals surface area contributed by atoms with Crippen molar-refractivity contribution in [3.8, 4) is 0 Å². The Morgan fingerprint density at radius 2 is 1.84 bits per heavy atom. The smallest absolute Gasteiger partial charge is 0.273 e. The molecule has 6 heteroatoms. The minimum absolute atomic E-state index is 0.0476. The number of aryl methyl sites for hydroxylation is 1. The number of nitro groups is 1. The van der Waals surface area contributed by atoms with Gasteiger partial charge in [0.05, 0.1) is 4.92 Å². The number of nitrogens with one attached hydrogen (secondary N) is 1. The monoisotopic (exact) mass is 339 g/mol. The average Bonchev–Trinajstić information content (AvgIpc) is 3.09. The van der Waals surface area contributed by atoms with Crippen molar-refractivity contribution in [3.05, 3.63) is 69.3 Å². The molecule has 0 aliphatic carbocycles. The van der Waals surface area contributed by atoms with Crippen LogP contribution in [0, 0.1) is 17.0 Å². The third-order valence-electron chi connectivity index (χ3n) is 4.48. The number of carbonyl (C=O) groups excluding carboxylic acids is 1. The Labute approximate surface area is 146 Å². The van der Waals surface area contributed by atoms with Crippen LogP contribution in [0.4, 0.5) is 11.4 Å². The van der Waals surface area contributed by atoms with Gasteiger partial charge in [0.1, 0.15) is 0 Å². The summed E-state index contributed by atoms with van der Waals surface area (Å²) in [6, 6.07) is 12.2. The average molecular weight is 339 g/mol. The van der Waals surface area contributed by atoms with Gasteiger partial charge in [-0.2, -0.15) is 0 Å². The molecule has 0 atom stereocenters. The molecule has 1 amide bonds. The molecule has 2 aromatic carbocycles. The largest absolute Gasteiger partial charge is 0.322 e. The topological polar surface area (TPSA) is 75.5 Å². The zero-order valence-electron chi connectivity index (χ0n) is 14.2. The first kappa shape index (κ1) is 17.1. The number of nitrogens with zero attached hydrogens (tertiary/aromatic N) is 2. The van der Waals surface area contributed by atoms with Crippen molar-refractivity contribution >= 4 is 17.3 Å². The number of carbonyl (C=O) groups is 1. The number of benzene rings is 2. The molecule has 2 aromatic rings. The predicted octanol–water partition coefficient (Wildman–Crippen LogP) is 3.75. The number of likely N-dealkylation sites (tertiary alicyclic amines) is 1. The van der Waals surface area contributed by atoms with Crippen LogP contribution in [0.1, 0.15) is 34.3 Å². The fourth-order valence-electron chi connectivity index (χ4n) is 3.04. The maximum atomic E-state index is 12.3. The van der Waals surface area contributed by atoms with Crippen molar-refractivity contribution < 1.29 is 9.72 Å². The van der Waals surface area contributed by atoms with Crippen LogP contribution in [0.3, 0.4) is 0 Å². The highest BCUT2D eigenvalue weighted by molar-refractivity contribution is 6.04. The van der Waals surface area contributed by atoms with Gasteiger partial charge in [0.2, 0.25) is 0 Å². The van der Waals surface area contributed by atoms with Crippen molar-refractivity contribution in [2.75, 3.05) is 18.4 Å². The van der Waals surface area contributed by atoms with Gasteiger partial charge in [0.25, 0.3) is 11.6 Å². The van der Waals surface area contributed by atoms with Crippen LogP contribution in [0.25, 0.3) is 0 Å². The van der Waals surface area contributed by atoms with Gasteiger partial charge in [-0.05, 0) is 56.6 Å². The summed E-state index contributed by atoms with van der Waals surface area (Å²) in [5.74, 6) is -0.351. The Balaban J connectivity index is 1.66. The number of anilines is 1. The molecule has 6 nitrogen and oxygen atoms in total. The summed E-state index contributed by atoms with van der Waals surface area (Å²) in [7, 11) is 0. The quantitative estimate of drug-likeness (QED) is 0.665. The number of hydrogen-bond donors (Lipinski definition) is 1. The minimum atomic E-state index is -0.473. The van der Waals surface area contributed by atoms with Gasteiger partial charge in [-0.15, -0.1) is 0 Å². The fraction of sp³-hybridized carbons (Fsp3) is 0.316. The van der Waals surface area contributed by atoms with Gasteiger partial charge in [-0.25, -0.2) is 0 Å². The van der Waals surface area contributed by atoms with E-state index in [2.05, 4.69) is 10.2 Å². The second-order valence-electron chi connectivity index (χ2n) is 6.39. The van der Waals surface area contributed by atoms with E-state index < -0.39 is 4.92 Å². The van der Waals surface area contributed by atoms with Crippen LogP contribution in [0.5, 0.6) is 0 Å². The standard InChI is InChI=1S/C19H21N3O3/c1-14-4-7-16(12-18(14)22(24)25)19(23)20-17-8-5-15(6-9-17)13-21-10-2-3-11-21/h4-9,12H,2-3,10-11,13H2,1H3,(H,20,23). The molecule has 0 spiro atoms. The summed E-state index contributed by atoms with van der Waals surface area (Å²) in [6.45, 7) is 4.87. The number of rotatable bonds is 5. The van der Waals surface area contributed by atoms with Crippen LogP contribution in [0.2, 0.25) is 0 Å². The third-order valence-corrected chi connectivity index (χ3v) is 4.48. The Morgan fingerprint density at radius 3 is 2.48 bits per heavy atom. The van der Waals surface area contributed by atoms with Crippen molar-refractivity contribution in [1.29, 1.82) is 0 Å². The molecular formula is C19H21N3O3. The van der Waals surface area contributed by atoms with Crippen LogP contribution in [-0.2, 0) is 6.54 Å². The summed E-state index contributed by atoms with van der Waals surface area (Å²) >= 11 is 0. The molecule has 25 heavy (non-hydrogen) atoms. The number of hydrogen-bond acceptors (Lipinski definition) is 4. The van der Waals surface area contributed by atoms with Crippen molar-refractivity contribution in [3.63, 3.8) is 0 Å². The molecule has 0 radical (unpaired) electrons. The lowest BCUT2D eigenvalue weighted by atomic mass is 10.1.